The molecule has 0 unspecified atom stereocenters. The Bertz CT molecular complexity index is 593. The van der Waals surface area contributed by atoms with Gasteiger partial charge in [-0.25, -0.2) is 0 Å². The van der Waals surface area contributed by atoms with Crippen LogP contribution in [0.3, 0.4) is 0 Å². The Morgan fingerprint density at radius 2 is 1.35 bits per heavy atom. The molecule has 0 N–H and O–H groups in total. The van der Waals surface area contributed by atoms with Crippen molar-refractivity contribution in [3.63, 3.8) is 0 Å². The monoisotopic (exact) mass is 218 g/mol. The molecule has 0 spiro atoms. The molecule has 0 saturated carbocycles. The first kappa shape index (κ1) is 10.9. The van der Waals surface area contributed by atoms with Crippen LogP contribution in [0.5, 0.6) is 0 Å². The Kier molecular flexibility index (Phi) is 2.90. The van der Waals surface area contributed by atoms with Gasteiger partial charge in [-0.05, 0) is 35.7 Å². The average molecular weight is 218 g/mol. The van der Waals surface area contributed by atoms with E-state index in [-0.39, 0.29) is 0 Å². The number of hydrogen-bond donors (Lipinski definition) is 0. The second-order valence-electron chi connectivity index (χ2n) is 3.79. The molecule has 2 nitrogen and oxygen atoms in total. The topological polar surface area (TPSA) is 47.6 Å². The first-order valence-corrected chi connectivity index (χ1v) is 5.26. The number of nitrogens with zero attached hydrogens (tertiary/aromatic N) is 2. The summed E-state index contributed by atoms with van der Waals surface area (Å²) in [5.41, 5.74) is 3.78. The van der Waals surface area contributed by atoms with Crippen molar-refractivity contribution < 1.29 is 0 Å². The molecule has 80 valence electrons. The molecule has 2 rings (SSSR count). The van der Waals surface area contributed by atoms with Gasteiger partial charge in [-0.15, -0.1) is 0 Å². The summed E-state index contributed by atoms with van der Waals surface area (Å²) in [7, 11) is 0. The van der Waals surface area contributed by atoms with Gasteiger partial charge in [0, 0.05) is 0 Å². The summed E-state index contributed by atoms with van der Waals surface area (Å²) in [6, 6.07) is 17.7. The van der Waals surface area contributed by atoms with Crippen LogP contribution in [-0.2, 0) is 0 Å². The molecule has 0 aromatic heterocycles. The van der Waals surface area contributed by atoms with Gasteiger partial charge in [0.2, 0.25) is 0 Å². The van der Waals surface area contributed by atoms with Crippen LogP contribution in [0, 0.1) is 29.6 Å². The molecule has 0 saturated heterocycles. The van der Waals surface area contributed by atoms with E-state index in [1.807, 2.05) is 42.5 Å². The molecule has 2 heteroatoms. The van der Waals surface area contributed by atoms with E-state index >= 15 is 0 Å². The molecule has 0 bridgehead atoms. The summed E-state index contributed by atoms with van der Waals surface area (Å²) in [6.07, 6.45) is 0. The third-order valence-electron chi connectivity index (χ3n) is 2.76. The minimum absolute atomic E-state index is 0.558. The highest BCUT2D eigenvalue weighted by atomic mass is 14.3. The normalized spacial score (nSPS) is 9.35. The first-order chi connectivity index (χ1) is 8.26. The summed E-state index contributed by atoms with van der Waals surface area (Å²) in [6.45, 7) is 1.80. The lowest BCUT2D eigenvalue weighted by Gasteiger charge is -2.06. The number of nitriles is 2. The third kappa shape index (κ3) is 2.02. The fraction of sp³-hybridized carbons (Fsp3) is 0.0667. The van der Waals surface area contributed by atoms with Crippen LogP contribution in [-0.4, -0.2) is 0 Å². The van der Waals surface area contributed by atoms with Gasteiger partial charge < -0.3 is 0 Å². The fourth-order valence-electron chi connectivity index (χ4n) is 1.74. The predicted octanol–water partition coefficient (Wildman–Crippen LogP) is 3.41. The number of benzene rings is 2. The standard InChI is InChI=1S/C15H10N2/c1-11-14(9-16)7-13(8-15(11)10-17)12-5-3-2-4-6-12/h2-8H,1H3. The zero-order valence-corrected chi connectivity index (χ0v) is 9.44. The molecule has 0 aliphatic carbocycles. The van der Waals surface area contributed by atoms with Crippen molar-refractivity contribution >= 4 is 0 Å². The first-order valence-electron chi connectivity index (χ1n) is 5.26. The summed E-state index contributed by atoms with van der Waals surface area (Å²) < 4.78 is 0. The van der Waals surface area contributed by atoms with Crippen molar-refractivity contribution in [1.29, 1.82) is 10.5 Å². The Morgan fingerprint density at radius 1 is 0.824 bits per heavy atom. The zero-order chi connectivity index (χ0) is 12.3. The van der Waals surface area contributed by atoms with E-state index < -0.39 is 0 Å². The van der Waals surface area contributed by atoms with Gasteiger partial charge in [-0.3, -0.25) is 0 Å². The van der Waals surface area contributed by atoms with Crippen molar-refractivity contribution in [2.45, 2.75) is 6.92 Å². The summed E-state index contributed by atoms with van der Waals surface area (Å²) in [4.78, 5) is 0. The van der Waals surface area contributed by atoms with Crippen molar-refractivity contribution in [3.8, 4) is 23.3 Å². The molecule has 2 aromatic rings. The van der Waals surface area contributed by atoms with Gasteiger partial charge in [0.15, 0.2) is 0 Å². The lowest BCUT2D eigenvalue weighted by atomic mass is 9.96. The van der Waals surface area contributed by atoms with Crippen LogP contribution in [0.1, 0.15) is 16.7 Å². The molecule has 0 amide bonds. The molecule has 2 aromatic carbocycles. The molecule has 0 atom stereocenters. The smallest absolute Gasteiger partial charge is 0.0995 e. The highest BCUT2D eigenvalue weighted by Crippen LogP contribution is 2.24. The highest BCUT2D eigenvalue weighted by Gasteiger charge is 2.07. The number of hydrogen-bond acceptors (Lipinski definition) is 2. The van der Waals surface area contributed by atoms with Gasteiger partial charge >= 0.3 is 0 Å². The van der Waals surface area contributed by atoms with E-state index in [0.29, 0.717) is 11.1 Å². The van der Waals surface area contributed by atoms with Gasteiger partial charge in [-0.2, -0.15) is 10.5 Å². The van der Waals surface area contributed by atoms with E-state index in [4.69, 9.17) is 10.5 Å². The molecular formula is C15H10N2. The van der Waals surface area contributed by atoms with Gasteiger partial charge in [0.05, 0.1) is 23.3 Å². The van der Waals surface area contributed by atoms with Crippen LogP contribution in [0.2, 0.25) is 0 Å². The molecule has 0 heterocycles. The van der Waals surface area contributed by atoms with Crippen LogP contribution in [0.25, 0.3) is 11.1 Å². The van der Waals surface area contributed by atoms with Crippen LogP contribution >= 0.6 is 0 Å². The summed E-state index contributed by atoms with van der Waals surface area (Å²) >= 11 is 0. The maximum atomic E-state index is 9.05. The highest BCUT2D eigenvalue weighted by molar-refractivity contribution is 5.69. The van der Waals surface area contributed by atoms with Crippen molar-refractivity contribution in [2.75, 3.05) is 0 Å². The molecular weight excluding hydrogens is 208 g/mol. The molecule has 0 aliphatic rings. The quantitative estimate of drug-likeness (QED) is 0.736. The SMILES string of the molecule is Cc1c(C#N)cc(-c2ccccc2)cc1C#N. The third-order valence-corrected chi connectivity index (χ3v) is 2.76. The maximum absolute atomic E-state index is 9.05. The second-order valence-corrected chi connectivity index (χ2v) is 3.79. The lowest BCUT2D eigenvalue weighted by Crippen LogP contribution is -1.90. The van der Waals surface area contributed by atoms with E-state index in [9.17, 15) is 0 Å². The maximum Gasteiger partial charge on any atom is 0.0995 e. The van der Waals surface area contributed by atoms with Crippen LogP contribution in [0.15, 0.2) is 42.5 Å². The van der Waals surface area contributed by atoms with E-state index in [1.54, 1.807) is 6.92 Å². The van der Waals surface area contributed by atoms with Gasteiger partial charge in [-0.1, -0.05) is 30.3 Å². The predicted molar refractivity (Wildman–Crippen MR) is 66.0 cm³/mol. The summed E-state index contributed by atoms with van der Waals surface area (Å²) in [5, 5.41) is 18.1. The Hall–Kier alpha value is -2.58. The Balaban J connectivity index is 2.67. The Labute approximate surface area is 100 Å². The van der Waals surface area contributed by atoms with E-state index in [0.717, 1.165) is 16.7 Å². The molecule has 0 aliphatic heterocycles. The van der Waals surface area contributed by atoms with Crippen LogP contribution in [0.4, 0.5) is 0 Å². The largest absolute Gasteiger partial charge is 0.192 e. The minimum Gasteiger partial charge on any atom is -0.192 e. The minimum atomic E-state index is 0.558. The van der Waals surface area contributed by atoms with E-state index in [1.165, 1.54) is 0 Å². The molecule has 0 fully saturated rings. The fourth-order valence-corrected chi connectivity index (χ4v) is 1.74. The Morgan fingerprint density at radius 3 is 1.82 bits per heavy atom. The zero-order valence-electron chi connectivity index (χ0n) is 9.44. The van der Waals surface area contributed by atoms with E-state index in [2.05, 4.69) is 12.1 Å². The van der Waals surface area contributed by atoms with Crippen molar-refractivity contribution in [3.05, 3.63) is 59.2 Å². The van der Waals surface area contributed by atoms with Crippen molar-refractivity contribution in [2.24, 2.45) is 0 Å². The van der Waals surface area contributed by atoms with Crippen molar-refractivity contribution in [1.82, 2.24) is 0 Å². The average Bonchev–Trinajstić information content (AvgIpc) is 2.40. The molecule has 17 heavy (non-hydrogen) atoms. The molecule has 0 radical (unpaired) electrons. The lowest BCUT2D eigenvalue weighted by molar-refractivity contribution is 1.35. The number of rotatable bonds is 1. The van der Waals surface area contributed by atoms with Gasteiger partial charge in [0.25, 0.3) is 0 Å². The second kappa shape index (κ2) is 4.51. The summed E-state index contributed by atoms with van der Waals surface area (Å²) in [5.74, 6) is 0. The van der Waals surface area contributed by atoms with Gasteiger partial charge in [0.1, 0.15) is 0 Å². The van der Waals surface area contributed by atoms with Crippen LogP contribution < -0.4 is 0 Å².